The van der Waals surface area contributed by atoms with Crippen molar-refractivity contribution in [3.63, 3.8) is 0 Å². The van der Waals surface area contributed by atoms with Crippen molar-refractivity contribution in [1.82, 2.24) is 10.6 Å². The molecule has 0 bridgehead atoms. The summed E-state index contributed by atoms with van der Waals surface area (Å²) in [6, 6.07) is -0.554. The van der Waals surface area contributed by atoms with Gasteiger partial charge < -0.3 is 16.4 Å². The minimum absolute atomic E-state index is 0. The summed E-state index contributed by atoms with van der Waals surface area (Å²) in [7, 11) is 0. The van der Waals surface area contributed by atoms with Crippen LogP contribution in [0.3, 0.4) is 0 Å². The fourth-order valence-corrected chi connectivity index (χ4v) is 1.92. The van der Waals surface area contributed by atoms with Crippen molar-refractivity contribution in [1.29, 1.82) is 0 Å². The third kappa shape index (κ3) is 5.78. The molecule has 1 fully saturated rings. The summed E-state index contributed by atoms with van der Waals surface area (Å²) >= 11 is 0. The quantitative estimate of drug-likeness (QED) is 0.677. The molecule has 0 aromatic heterocycles. The second-order valence-corrected chi connectivity index (χ2v) is 5.93. The molecule has 0 aromatic rings. The number of nitrogens with two attached hydrogens (primary N) is 1. The van der Waals surface area contributed by atoms with Gasteiger partial charge in [0.2, 0.25) is 11.8 Å². The lowest BCUT2D eigenvalue weighted by Crippen LogP contribution is -2.48. The normalized spacial score (nSPS) is 17.9. The summed E-state index contributed by atoms with van der Waals surface area (Å²) in [4.78, 5) is 23.1. The molecule has 0 heterocycles. The largest absolute Gasteiger partial charge is 0.354 e. The Bertz CT molecular complexity index is 317. The van der Waals surface area contributed by atoms with E-state index in [9.17, 15) is 9.59 Å². The summed E-state index contributed by atoms with van der Waals surface area (Å²) in [6.07, 6.45) is 3.57. The van der Waals surface area contributed by atoms with Crippen molar-refractivity contribution in [2.45, 2.75) is 46.1 Å². The highest BCUT2D eigenvalue weighted by atomic mass is 35.5. The molecule has 1 aliphatic rings. The molecule has 6 heteroatoms. The first kappa shape index (κ1) is 18.2. The van der Waals surface area contributed by atoms with Gasteiger partial charge in [0.15, 0.2) is 0 Å². The first-order valence-corrected chi connectivity index (χ1v) is 6.64. The molecule has 5 nitrogen and oxygen atoms in total. The van der Waals surface area contributed by atoms with Crippen LogP contribution >= 0.6 is 12.4 Å². The summed E-state index contributed by atoms with van der Waals surface area (Å²) in [5, 5.41) is 5.41. The second kappa shape index (κ2) is 7.70. The van der Waals surface area contributed by atoms with Gasteiger partial charge in [-0.1, -0.05) is 27.2 Å². The van der Waals surface area contributed by atoms with Crippen molar-refractivity contribution >= 4 is 24.2 Å². The molecule has 1 rings (SSSR count). The third-order valence-electron chi connectivity index (χ3n) is 3.72. The number of carbonyl (C=O) groups excluding carboxylic acids is 2. The van der Waals surface area contributed by atoms with Crippen LogP contribution in [-0.2, 0) is 9.59 Å². The SMILES string of the molecule is CC(C)[C@H](N)C(=O)NCC(=O)NCC1(C)CCC1.Cl. The summed E-state index contributed by atoms with van der Waals surface area (Å²) < 4.78 is 0. The molecule has 1 aliphatic carbocycles. The maximum atomic E-state index is 11.6. The van der Waals surface area contributed by atoms with Gasteiger partial charge in [0, 0.05) is 6.54 Å². The van der Waals surface area contributed by atoms with Crippen LogP contribution < -0.4 is 16.4 Å². The minimum atomic E-state index is -0.554. The maximum absolute atomic E-state index is 11.6. The summed E-state index contributed by atoms with van der Waals surface area (Å²) in [5.41, 5.74) is 5.93. The van der Waals surface area contributed by atoms with Crippen LogP contribution in [0.1, 0.15) is 40.0 Å². The van der Waals surface area contributed by atoms with E-state index in [0.29, 0.717) is 6.54 Å². The molecule has 0 unspecified atom stereocenters. The standard InChI is InChI=1S/C13H25N3O2.ClH/c1-9(2)11(14)12(18)15-7-10(17)16-8-13(3)5-4-6-13;/h9,11H,4-8,14H2,1-3H3,(H,15,18)(H,16,17);1H/t11-;/m0./s1. The number of amides is 2. The van der Waals surface area contributed by atoms with Crippen LogP contribution in [0.2, 0.25) is 0 Å². The van der Waals surface area contributed by atoms with Crippen molar-refractivity contribution in [3.8, 4) is 0 Å². The van der Waals surface area contributed by atoms with E-state index in [4.69, 9.17) is 5.73 Å². The van der Waals surface area contributed by atoms with Gasteiger partial charge in [-0.25, -0.2) is 0 Å². The number of carbonyl (C=O) groups is 2. The van der Waals surface area contributed by atoms with Gasteiger partial charge in [-0.05, 0) is 24.2 Å². The summed E-state index contributed by atoms with van der Waals surface area (Å²) in [6.45, 7) is 6.63. The fourth-order valence-electron chi connectivity index (χ4n) is 1.92. The van der Waals surface area contributed by atoms with Crippen LogP contribution in [0.4, 0.5) is 0 Å². The molecule has 2 amide bonds. The van der Waals surface area contributed by atoms with Crippen LogP contribution in [0, 0.1) is 11.3 Å². The second-order valence-electron chi connectivity index (χ2n) is 5.93. The number of rotatable bonds is 6. The minimum Gasteiger partial charge on any atom is -0.354 e. The van der Waals surface area contributed by atoms with Gasteiger partial charge in [-0.3, -0.25) is 9.59 Å². The van der Waals surface area contributed by atoms with E-state index in [1.54, 1.807) is 0 Å². The Hall–Kier alpha value is -0.810. The molecule has 112 valence electrons. The van der Waals surface area contributed by atoms with E-state index < -0.39 is 6.04 Å². The number of nitrogens with one attached hydrogen (secondary N) is 2. The lowest BCUT2D eigenvalue weighted by molar-refractivity contribution is -0.127. The average Bonchev–Trinajstić information content (AvgIpc) is 2.29. The zero-order chi connectivity index (χ0) is 13.8. The van der Waals surface area contributed by atoms with Crippen LogP contribution in [0.25, 0.3) is 0 Å². The molecule has 1 atom stereocenters. The molecular weight excluding hydrogens is 266 g/mol. The molecule has 0 spiro atoms. The van der Waals surface area contributed by atoms with Gasteiger partial charge in [-0.15, -0.1) is 12.4 Å². The van der Waals surface area contributed by atoms with E-state index in [-0.39, 0.29) is 42.1 Å². The Balaban J connectivity index is 0.00000324. The molecule has 4 N–H and O–H groups in total. The van der Waals surface area contributed by atoms with Crippen molar-refractivity contribution in [3.05, 3.63) is 0 Å². The average molecular weight is 292 g/mol. The first-order chi connectivity index (χ1) is 8.34. The lowest BCUT2D eigenvalue weighted by atomic mass is 9.70. The van der Waals surface area contributed by atoms with Gasteiger partial charge in [0.05, 0.1) is 12.6 Å². The fraction of sp³-hybridized carbons (Fsp3) is 0.846. The zero-order valence-electron chi connectivity index (χ0n) is 12.0. The molecule has 1 saturated carbocycles. The molecule has 0 radical (unpaired) electrons. The van der Waals surface area contributed by atoms with Crippen LogP contribution in [0.15, 0.2) is 0 Å². The van der Waals surface area contributed by atoms with Crippen molar-refractivity contribution < 1.29 is 9.59 Å². The van der Waals surface area contributed by atoms with E-state index in [1.807, 2.05) is 13.8 Å². The Morgan fingerprint density at radius 1 is 1.26 bits per heavy atom. The molecule has 19 heavy (non-hydrogen) atoms. The van der Waals surface area contributed by atoms with E-state index in [2.05, 4.69) is 17.6 Å². The summed E-state index contributed by atoms with van der Waals surface area (Å²) in [5.74, 6) is -0.343. The third-order valence-corrected chi connectivity index (χ3v) is 3.72. The Kier molecular flexibility index (Phi) is 7.37. The Labute approximate surface area is 121 Å². The van der Waals surface area contributed by atoms with Gasteiger partial charge in [0.1, 0.15) is 0 Å². The zero-order valence-corrected chi connectivity index (χ0v) is 12.8. The highest BCUT2D eigenvalue weighted by molar-refractivity contribution is 5.87. The van der Waals surface area contributed by atoms with E-state index in [0.717, 1.165) is 12.8 Å². The van der Waals surface area contributed by atoms with E-state index >= 15 is 0 Å². The van der Waals surface area contributed by atoms with Crippen LogP contribution in [0.5, 0.6) is 0 Å². The highest BCUT2D eigenvalue weighted by Crippen LogP contribution is 2.39. The van der Waals surface area contributed by atoms with Gasteiger partial charge >= 0.3 is 0 Å². The Morgan fingerprint density at radius 2 is 1.84 bits per heavy atom. The molecule has 0 aliphatic heterocycles. The number of hydrogen-bond donors (Lipinski definition) is 3. The molecular formula is C13H26ClN3O2. The van der Waals surface area contributed by atoms with Gasteiger partial charge in [-0.2, -0.15) is 0 Å². The van der Waals surface area contributed by atoms with Crippen LogP contribution in [-0.4, -0.2) is 30.9 Å². The van der Waals surface area contributed by atoms with Crippen molar-refractivity contribution in [2.75, 3.05) is 13.1 Å². The highest BCUT2D eigenvalue weighted by Gasteiger charge is 2.31. The predicted molar refractivity (Wildman–Crippen MR) is 78.0 cm³/mol. The van der Waals surface area contributed by atoms with Gasteiger partial charge in [0.25, 0.3) is 0 Å². The first-order valence-electron chi connectivity index (χ1n) is 6.64. The Morgan fingerprint density at radius 3 is 2.26 bits per heavy atom. The lowest BCUT2D eigenvalue weighted by Gasteiger charge is -2.38. The number of hydrogen-bond acceptors (Lipinski definition) is 3. The number of halogens is 1. The predicted octanol–water partition coefficient (Wildman–Crippen LogP) is 0.814. The van der Waals surface area contributed by atoms with Crippen molar-refractivity contribution in [2.24, 2.45) is 17.1 Å². The topological polar surface area (TPSA) is 84.2 Å². The maximum Gasteiger partial charge on any atom is 0.239 e. The smallest absolute Gasteiger partial charge is 0.239 e. The van der Waals surface area contributed by atoms with E-state index in [1.165, 1.54) is 6.42 Å². The monoisotopic (exact) mass is 291 g/mol. The molecule has 0 saturated heterocycles. The molecule has 0 aromatic carbocycles.